The van der Waals surface area contributed by atoms with Gasteiger partial charge in [-0.05, 0) is 30.2 Å². The van der Waals surface area contributed by atoms with Crippen LogP contribution in [0.2, 0.25) is 0 Å². The van der Waals surface area contributed by atoms with Gasteiger partial charge in [-0.3, -0.25) is 4.57 Å². The molecule has 0 spiro atoms. The van der Waals surface area contributed by atoms with Crippen molar-refractivity contribution in [2.75, 3.05) is 28.4 Å². The van der Waals surface area contributed by atoms with Crippen molar-refractivity contribution in [1.82, 2.24) is 4.57 Å². The topological polar surface area (TPSA) is 72.1 Å². The van der Waals surface area contributed by atoms with E-state index in [0.717, 1.165) is 32.6 Å². The van der Waals surface area contributed by atoms with Gasteiger partial charge in [0.25, 0.3) is 0 Å². The largest absolute Gasteiger partial charge is 0.493 e. The van der Waals surface area contributed by atoms with Gasteiger partial charge in [-0.1, -0.05) is 0 Å². The molecule has 0 radical (unpaired) electrons. The van der Waals surface area contributed by atoms with Crippen molar-refractivity contribution in [3.8, 4) is 23.0 Å². The van der Waals surface area contributed by atoms with Gasteiger partial charge in [0.05, 0.1) is 34.0 Å². The molecule has 7 nitrogen and oxygen atoms in total. The Hall–Kier alpha value is -3.35. The maximum absolute atomic E-state index is 12.5. The second kappa shape index (κ2) is 5.82. The fourth-order valence-corrected chi connectivity index (χ4v) is 4.32. The van der Waals surface area contributed by atoms with Crippen molar-refractivity contribution in [2.45, 2.75) is 13.0 Å². The van der Waals surface area contributed by atoms with E-state index in [-0.39, 0.29) is 5.76 Å². The second-order valence-electron chi connectivity index (χ2n) is 6.72. The van der Waals surface area contributed by atoms with Crippen LogP contribution in [0.1, 0.15) is 5.56 Å². The van der Waals surface area contributed by atoms with Crippen LogP contribution in [0.4, 0.5) is 0 Å². The molecule has 0 saturated heterocycles. The monoisotopic (exact) mass is 381 g/mol. The van der Waals surface area contributed by atoms with Crippen molar-refractivity contribution in [1.29, 1.82) is 0 Å². The Labute approximate surface area is 159 Å². The van der Waals surface area contributed by atoms with Gasteiger partial charge in [-0.25, -0.2) is 4.79 Å². The Morgan fingerprint density at radius 1 is 0.857 bits per heavy atom. The summed E-state index contributed by atoms with van der Waals surface area (Å²) in [5, 5.41) is 3.43. The molecule has 0 amide bonds. The molecule has 0 fully saturated rings. The first kappa shape index (κ1) is 16.8. The van der Waals surface area contributed by atoms with Crippen molar-refractivity contribution in [2.24, 2.45) is 0 Å². The van der Waals surface area contributed by atoms with Gasteiger partial charge in [0.15, 0.2) is 28.6 Å². The summed E-state index contributed by atoms with van der Waals surface area (Å²) in [6.45, 7) is 0.558. The summed E-state index contributed by atoms with van der Waals surface area (Å²) >= 11 is 0. The van der Waals surface area contributed by atoms with Crippen LogP contribution in [0.25, 0.3) is 32.6 Å². The summed E-state index contributed by atoms with van der Waals surface area (Å²) in [6.07, 6.45) is 0.706. The lowest BCUT2D eigenvalue weighted by molar-refractivity contribution is 0.355. The molecule has 0 saturated carbocycles. The fraction of sp³-hybridized carbons (Fsp3) is 0.286. The van der Waals surface area contributed by atoms with E-state index in [1.807, 2.05) is 18.2 Å². The first-order valence-corrected chi connectivity index (χ1v) is 8.91. The zero-order valence-corrected chi connectivity index (χ0v) is 16.0. The minimum atomic E-state index is -0.362. The van der Waals surface area contributed by atoms with E-state index in [9.17, 15) is 4.79 Å². The van der Waals surface area contributed by atoms with E-state index in [0.29, 0.717) is 41.5 Å². The second-order valence-corrected chi connectivity index (χ2v) is 6.72. The van der Waals surface area contributed by atoms with Crippen LogP contribution in [0, 0.1) is 0 Å². The maximum atomic E-state index is 12.5. The molecule has 1 aromatic heterocycles. The molecular formula is C21H19NO6. The number of rotatable bonds is 4. The number of oxazole rings is 1. The number of hydrogen-bond acceptors (Lipinski definition) is 6. The zero-order chi connectivity index (χ0) is 19.6. The molecule has 28 heavy (non-hydrogen) atoms. The quantitative estimate of drug-likeness (QED) is 0.504. The highest BCUT2D eigenvalue weighted by Crippen LogP contribution is 2.49. The molecule has 1 aliphatic rings. The number of ether oxygens (including phenoxy) is 4. The van der Waals surface area contributed by atoms with E-state index in [1.54, 1.807) is 33.0 Å². The number of methoxy groups -OCH3 is 4. The summed E-state index contributed by atoms with van der Waals surface area (Å²) in [4.78, 5) is 12.5. The Morgan fingerprint density at radius 2 is 1.54 bits per heavy atom. The van der Waals surface area contributed by atoms with Crippen LogP contribution in [-0.4, -0.2) is 33.0 Å². The number of nitrogens with zero attached hydrogens (tertiary/aromatic N) is 1. The first-order chi connectivity index (χ1) is 13.6. The number of aryl methyl sites for hydroxylation is 2. The summed E-state index contributed by atoms with van der Waals surface area (Å²) in [5.74, 6) is 2.05. The molecule has 0 atom stereocenters. The van der Waals surface area contributed by atoms with E-state index in [2.05, 4.69) is 0 Å². The fourth-order valence-electron chi connectivity index (χ4n) is 4.32. The average molecular weight is 381 g/mol. The molecule has 2 heterocycles. The van der Waals surface area contributed by atoms with Crippen molar-refractivity contribution >= 4 is 32.6 Å². The molecular weight excluding hydrogens is 362 g/mol. The normalized spacial score (nSPS) is 12.9. The molecule has 0 unspecified atom stereocenters. The van der Waals surface area contributed by atoms with Gasteiger partial charge in [0, 0.05) is 28.1 Å². The summed E-state index contributed by atoms with van der Waals surface area (Å²) in [6, 6.07) is 5.71. The number of benzene rings is 3. The minimum absolute atomic E-state index is 0.362. The van der Waals surface area contributed by atoms with E-state index < -0.39 is 0 Å². The Kier molecular flexibility index (Phi) is 3.49. The van der Waals surface area contributed by atoms with Crippen LogP contribution in [0.3, 0.4) is 0 Å². The molecule has 7 heteroatoms. The summed E-state index contributed by atoms with van der Waals surface area (Å²) in [7, 11) is 6.40. The number of hydrogen-bond donors (Lipinski definition) is 0. The predicted octanol–water partition coefficient (Wildman–Crippen LogP) is 3.49. The first-order valence-electron chi connectivity index (χ1n) is 8.91. The van der Waals surface area contributed by atoms with E-state index in [1.165, 1.54) is 0 Å². The van der Waals surface area contributed by atoms with Gasteiger partial charge >= 0.3 is 5.76 Å². The highest BCUT2D eigenvalue weighted by Gasteiger charge is 2.28. The zero-order valence-electron chi connectivity index (χ0n) is 16.0. The lowest BCUT2D eigenvalue weighted by Gasteiger charge is -2.21. The molecule has 0 N–H and O–H groups in total. The Morgan fingerprint density at radius 3 is 2.18 bits per heavy atom. The van der Waals surface area contributed by atoms with Gasteiger partial charge < -0.3 is 23.4 Å². The summed E-state index contributed by atoms with van der Waals surface area (Å²) < 4.78 is 29.7. The minimum Gasteiger partial charge on any atom is -0.493 e. The van der Waals surface area contributed by atoms with Gasteiger partial charge in [-0.15, -0.1) is 0 Å². The maximum Gasteiger partial charge on any atom is 0.420 e. The third kappa shape index (κ3) is 1.96. The van der Waals surface area contributed by atoms with Crippen LogP contribution in [0.15, 0.2) is 27.4 Å². The van der Waals surface area contributed by atoms with Crippen molar-refractivity contribution < 1.29 is 23.4 Å². The highest BCUT2D eigenvalue weighted by atomic mass is 16.5. The molecule has 0 aliphatic carbocycles. The standard InChI is InChI=1S/C21H19NO6/c1-24-13-8-11-12(9-14(13)25-2)19-18-16-10(5-6-22(18)21(23)28-19)7-15(26-3)20(27-4)17(11)16/h7-9H,5-6H2,1-4H3. The molecule has 0 bridgehead atoms. The molecule has 4 aromatic rings. The molecule has 144 valence electrons. The van der Waals surface area contributed by atoms with E-state index >= 15 is 0 Å². The van der Waals surface area contributed by atoms with Crippen molar-refractivity contribution in [3.05, 3.63) is 34.3 Å². The van der Waals surface area contributed by atoms with Crippen molar-refractivity contribution in [3.63, 3.8) is 0 Å². The predicted molar refractivity (Wildman–Crippen MR) is 105 cm³/mol. The third-order valence-corrected chi connectivity index (χ3v) is 5.53. The third-order valence-electron chi connectivity index (χ3n) is 5.53. The van der Waals surface area contributed by atoms with Crippen LogP contribution in [-0.2, 0) is 13.0 Å². The Balaban J connectivity index is 2.16. The van der Waals surface area contributed by atoms with Crippen LogP contribution in [0.5, 0.6) is 23.0 Å². The van der Waals surface area contributed by atoms with Gasteiger partial charge in [0.1, 0.15) is 0 Å². The number of fused-ring (bicyclic) bond motifs is 3. The average Bonchev–Trinajstić information content (AvgIpc) is 3.07. The molecule has 5 rings (SSSR count). The van der Waals surface area contributed by atoms with E-state index in [4.69, 9.17) is 23.4 Å². The smallest absolute Gasteiger partial charge is 0.420 e. The van der Waals surface area contributed by atoms with Gasteiger partial charge in [-0.2, -0.15) is 0 Å². The molecule has 1 aliphatic heterocycles. The highest BCUT2D eigenvalue weighted by molar-refractivity contribution is 6.26. The van der Waals surface area contributed by atoms with Crippen LogP contribution < -0.4 is 24.7 Å². The lowest BCUT2D eigenvalue weighted by Crippen LogP contribution is -2.18. The number of aromatic nitrogens is 1. The SMILES string of the molecule is COc1cc2c(cc1OC)c1c(OC)c(OC)cc3c1c1c2oc(=O)n1CC3. The molecule has 3 aromatic carbocycles. The lowest BCUT2D eigenvalue weighted by atomic mass is 9.92. The Bertz CT molecular complexity index is 1330. The summed E-state index contributed by atoms with van der Waals surface area (Å²) in [5.41, 5.74) is 2.42. The van der Waals surface area contributed by atoms with Gasteiger partial charge in [0.2, 0.25) is 0 Å². The van der Waals surface area contributed by atoms with Crippen LogP contribution >= 0.6 is 0 Å².